The highest BCUT2D eigenvalue weighted by Crippen LogP contribution is 2.30. The van der Waals surface area contributed by atoms with E-state index in [0.29, 0.717) is 17.1 Å². The summed E-state index contributed by atoms with van der Waals surface area (Å²) in [5.74, 6) is 0.184. The van der Waals surface area contributed by atoms with Gasteiger partial charge in [0.2, 0.25) is 0 Å². The Morgan fingerprint density at radius 2 is 1.96 bits per heavy atom. The van der Waals surface area contributed by atoms with Crippen LogP contribution in [0.25, 0.3) is 6.08 Å². The average molecular weight is 361 g/mol. The van der Waals surface area contributed by atoms with Gasteiger partial charge in [-0.1, -0.05) is 24.3 Å². The molecule has 0 amide bonds. The number of hydrogen-bond acceptors (Lipinski definition) is 4. The topological polar surface area (TPSA) is 59.3 Å². The summed E-state index contributed by atoms with van der Waals surface area (Å²) in [6.45, 7) is -0.139. The summed E-state index contributed by atoms with van der Waals surface area (Å²) in [4.78, 5) is 12.1. The first-order valence-corrected chi connectivity index (χ1v) is 7.42. The third-order valence-corrected chi connectivity index (χ3v) is 3.38. The van der Waals surface area contributed by atoms with Crippen LogP contribution in [0.15, 0.2) is 48.5 Å². The fourth-order valence-electron chi connectivity index (χ4n) is 2.13. The number of rotatable bonds is 6. The average Bonchev–Trinajstić information content (AvgIpc) is 2.64. The van der Waals surface area contributed by atoms with Crippen molar-refractivity contribution < 1.29 is 27.4 Å². The van der Waals surface area contributed by atoms with Gasteiger partial charge < -0.3 is 9.47 Å². The standard InChI is InChI=1S/C19H14F3NO3/c1-25-18-11-13(6-8-17(18)26-10-9-23)5-7-16(24)14-3-2-4-15(12-14)19(20,21)22/h2-8,11-12H,10H2,1H3/b7-5+. The van der Waals surface area contributed by atoms with E-state index in [4.69, 9.17) is 14.7 Å². The molecule has 0 N–H and O–H groups in total. The molecule has 2 aromatic carbocycles. The van der Waals surface area contributed by atoms with Crippen LogP contribution in [0.4, 0.5) is 13.2 Å². The summed E-state index contributed by atoms with van der Waals surface area (Å²) >= 11 is 0. The van der Waals surface area contributed by atoms with Gasteiger partial charge in [-0.3, -0.25) is 4.79 Å². The number of nitriles is 1. The molecule has 0 bridgehead atoms. The maximum absolute atomic E-state index is 12.7. The second kappa shape index (κ2) is 8.21. The first-order valence-electron chi connectivity index (χ1n) is 7.42. The van der Waals surface area contributed by atoms with Gasteiger partial charge in [-0.05, 0) is 35.9 Å². The minimum atomic E-state index is -4.51. The van der Waals surface area contributed by atoms with E-state index in [-0.39, 0.29) is 12.2 Å². The molecule has 134 valence electrons. The van der Waals surface area contributed by atoms with Crippen molar-refractivity contribution in [2.24, 2.45) is 0 Å². The van der Waals surface area contributed by atoms with Crippen molar-refractivity contribution in [3.8, 4) is 17.6 Å². The zero-order valence-corrected chi connectivity index (χ0v) is 13.7. The Hall–Kier alpha value is -3.27. The Kier molecular flexibility index (Phi) is 6.02. The van der Waals surface area contributed by atoms with Gasteiger partial charge in [0, 0.05) is 5.56 Å². The predicted molar refractivity (Wildman–Crippen MR) is 88.9 cm³/mol. The van der Waals surface area contributed by atoms with Crippen LogP contribution >= 0.6 is 0 Å². The zero-order chi connectivity index (χ0) is 19.2. The van der Waals surface area contributed by atoms with E-state index in [1.165, 1.54) is 31.4 Å². The Bertz CT molecular complexity index is 867. The molecule has 0 saturated carbocycles. The summed E-state index contributed by atoms with van der Waals surface area (Å²) in [5, 5.41) is 8.53. The lowest BCUT2D eigenvalue weighted by Gasteiger charge is -2.09. The molecule has 0 aliphatic carbocycles. The number of nitrogens with zero attached hydrogens (tertiary/aromatic N) is 1. The summed E-state index contributed by atoms with van der Waals surface area (Å²) < 4.78 is 48.5. The van der Waals surface area contributed by atoms with E-state index in [1.54, 1.807) is 18.2 Å². The Morgan fingerprint density at radius 3 is 2.62 bits per heavy atom. The van der Waals surface area contributed by atoms with Gasteiger partial charge in [-0.25, -0.2) is 0 Å². The highest BCUT2D eigenvalue weighted by Gasteiger charge is 2.30. The Balaban J connectivity index is 2.19. The van der Waals surface area contributed by atoms with Crippen LogP contribution in [0.2, 0.25) is 0 Å². The van der Waals surface area contributed by atoms with E-state index >= 15 is 0 Å². The van der Waals surface area contributed by atoms with Crippen molar-refractivity contribution in [3.05, 3.63) is 65.2 Å². The third-order valence-electron chi connectivity index (χ3n) is 3.38. The van der Waals surface area contributed by atoms with Crippen LogP contribution in [-0.2, 0) is 6.18 Å². The van der Waals surface area contributed by atoms with E-state index in [0.717, 1.165) is 12.1 Å². The van der Waals surface area contributed by atoms with Gasteiger partial charge in [-0.15, -0.1) is 0 Å². The molecule has 26 heavy (non-hydrogen) atoms. The molecule has 0 heterocycles. The fraction of sp³-hybridized carbons (Fsp3) is 0.158. The van der Waals surface area contributed by atoms with Gasteiger partial charge >= 0.3 is 6.18 Å². The number of alkyl halides is 3. The van der Waals surface area contributed by atoms with Crippen molar-refractivity contribution in [2.45, 2.75) is 6.18 Å². The summed E-state index contributed by atoms with van der Waals surface area (Å²) in [6.07, 6.45) is -1.87. The van der Waals surface area contributed by atoms with Gasteiger partial charge in [0.25, 0.3) is 0 Å². The molecule has 4 nitrogen and oxygen atoms in total. The molecule has 2 rings (SSSR count). The third kappa shape index (κ3) is 4.86. The largest absolute Gasteiger partial charge is 0.493 e. The van der Waals surface area contributed by atoms with Gasteiger partial charge in [0.05, 0.1) is 12.7 Å². The Labute approximate surface area is 148 Å². The minimum absolute atomic E-state index is 0.0583. The molecule has 2 aromatic rings. The highest BCUT2D eigenvalue weighted by molar-refractivity contribution is 6.06. The minimum Gasteiger partial charge on any atom is -0.493 e. The Morgan fingerprint density at radius 1 is 1.19 bits per heavy atom. The first kappa shape index (κ1) is 19.1. The normalized spacial score (nSPS) is 11.2. The quantitative estimate of drug-likeness (QED) is 0.561. The predicted octanol–water partition coefficient (Wildman–Crippen LogP) is 4.51. The molecule has 0 aliphatic rings. The SMILES string of the molecule is COc1cc(/C=C/C(=O)c2cccc(C(F)(F)F)c2)ccc1OCC#N. The number of benzene rings is 2. The fourth-order valence-corrected chi connectivity index (χ4v) is 2.13. The lowest BCUT2D eigenvalue weighted by Crippen LogP contribution is -2.06. The molecule has 0 spiro atoms. The number of ether oxygens (including phenoxy) is 2. The molecule has 0 fully saturated rings. The summed E-state index contributed by atoms with van der Waals surface area (Å²) in [7, 11) is 1.43. The van der Waals surface area contributed by atoms with Gasteiger partial charge in [0.15, 0.2) is 23.9 Å². The van der Waals surface area contributed by atoms with Crippen LogP contribution in [0.5, 0.6) is 11.5 Å². The lowest BCUT2D eigenvalue weighted by atomic mass is 10.1. The number of hydrogen-bond donors (Lipinski definition) is 0. The van der Waals surface area contributed by atoms with E-state index < -0.39 is 17.5 Å². The smallest absolute Gasteiger partial charge is 0.416 e. The number of allylic oxidation sites excluding steroid dienone is 1. The number of halogens is 3. The van der Waals surface area contributed by atoms with E-state index in [2.05, 4.69) is 0 Å². The van der Waals surface area contributed by atoms with Gasteiger partial charge in [-0.2, -0.15) is 18.4 Å². The molecule has 0 aliphatic heterocycles. The molecule has 0 saturated heterocycles. The maximum Gasteiger partial charge on any atom is 0.416 e. The highest BCUT2D eigenvalue weighted by atomic mass is 19.4. The van der Waals surface area contributed by atoms with Crippen molar-refractivity contribution in [3.63, 3.8) is 0 Å². The number of carbonyl (C=O) groups excluding carboxylic acids is 1. The van der Waals surface area contributed by atoms with Crippen molar-refractivity contribution in [2.75, 3.05) is 13.7 Å². The van der Waals surface area contributed by atoms with Crippen LogP contribution in [0, 0.1) is 11.3 Å². The summed E-state index contributed by atoms with van der Waals surface area (Å²) in [6, 6.07) is 10.9. The number of methoxy groups -OCH3 is 1. The number of ketones is 1. The summed E-state index contributed by atoms with van der Waals surface area (Å²) in [5.41, 5.74) is -0.346. The first-order chi connectivity index (χ1) is 12.3. The zero-order valence-electron chi connectivity index (χ0n) is 13.7. The molecule has 0 atom stereocenters. The maximum atomic E-state index is 12.7. The van der Waals surface area contributed by atoms with Crippen LogP contribution in [0.1, 0.15) is 21.5 Å². The van der Waals surface area contributed by atoms with Crippen LogP contribution in [0.3, 0.4) is 0 Å². The molecule has 0 radical (unpaired) electrons. The van der Waals surface area contributed by atoms with Crippen molar-refractivity contribution in [1.82, 2.24) is 0 Å². The van der Waals surface area contributed by atoms with Gasteiger partial charge in [0.1, 0.15) is 6.07 Å². The molecule has 7 heteroatoms. The van der Waals surface area contributed by atoms with E-state index in [9.17, 15) is 18.0 Å². The second-order valence-corrected chi connectivity index (χ2v) is 5.13. The lowest BCUT2D eigenvalue weighted by molar-refractivity contribution is -0.137. The van der Waals surface area contributed by atoms with E-state index in [1.807, 2.05) is 6.07 Å². The van der Waals surface area contributed by atoms with Crippen LogP contribution < -0.4 is 9.47 Å². The second-order valence-electron chi connectivity index (χ2n) is 5.13. The molecule has 0 unspecified atom stereocenters. The van der Waals surface area contributed by atoms with Crippen LogP contribution in [-0.4, -0.2) is 19.5 Å². The number of carbonyl (C=O) groups is 1. The van der Waals surface area contributed by atoms with Crippen molar-refractivity contribution in [1.29, 1.82) is 5.26 Å². The van der Waals surface area contributed by atoms with Crippen molar-refractivity contribution >= 4 is 11.9 Å². The monoisotopic (exact) mass is 361 g/mol. The molecular weight excluding hydrogens is 347 g/mol. The molecule has 0 aromatic heterocycles. The molecular formula is C19H14F3NO3.